The van der Waals surface area contributed by atoms with E-state index in [1.165, 1.54) is 5.56 Å². The number of halogens is 1. The minimum atomic E-state index is -3.38. The first-order chi connectivity index (χ1) is 9.96. The van der Waals surface area contributed by atoms with Crippen molar-refractivity contribution >= 4 is 22.4 Å². The second kappa shape index (κ2) is 8.29. The Labute approximate surface area is 140 Å². The molecule has 126 valence electrons. The number of hydrogen-bond donors (Lipinski definition) is 1. The van der Waals surface area contributed by atoms with Gasteiger partial charge >= 0.3 is 0 Å². The molecule has 0 amide bonds. The van der Waals surface area contributed by atoms with E-state index in [2.05, 4.69) is 19.2 Å². The van der Waals surface area contributed by atoms with Gasteiger partial charge in [0.25, 0.3) is 0 Å². The van der Waals surface area contributed by atoms with Gasteiger partial charge < -0.3 is 5.32 Å². The third-order valence-corrected chi connectivity index (χ3v) is 6.49. The summed E-state index contributed by atoms with van der Waals surface area (Å²) in [6, 6.07) is 7.47. The Morgan fingerprint density at radius 3 is 2.27 bits per heavy atom. The molecule has 1 aromatic rings. The monoisotopic (exact) mass is 346 g/mol. The number of benzene rings is 1. The Morgan fingerprint density at radius 1 is 1.23 bits per heavy atom. The first kappa shape index (κ1) is 19.4. The molecule has 0 radical (unpaired) electrons. The maximum atomic E-state index is 12.7. The summed E-state index contributed by atoms with van der Waals surface area (Å²) in [6.45, 7) is 6.07. The maximum absolute atomic E-state index is 12.7. The van der Waals surface area contributed by atoms with Crippen LogP contribution in [-0.4, -0.2) is 38.9 Å². The Balaban J connectivity index is 0.00000242. The zero-order valence-corrected chi connectivity index (χ0v) is 15.2. The van der Waals surface area contributed by atoms with Crippen molar-refractivity contribution in [2.24, 2.45) is 0 Å². The molecule has 0 bridgehead atoms. The van der Waals surface area contributed by atoms with Crippen LogP contribution in [0.3, 0.4) is 0 Å². The van der Waals surface area contributed by atoms with Crippen molar-refractivity contribution in [2.45, 2.75) is 50.0 Å². The van der Waals surface area contributed by atoms with Gasteiger partial charge in [-0.05, 0) is 56.0 Å². The molecule has 1 unspecified atom stereocenters. The molecule has 1 aliphatic heterocycles. The number of nitrogens with zero attached hydrogens (tertiary/aromatic N) is 1. The van der Waals surface area contributed by atoms with Gasteiger partial charge in [-0.3, -0.25) is 0 Å². The van der Waals surface area contributed by atoms with E-state index in [1.54, 1.807) is 23.5 Å². The third kappa shape index (κ3) is 4.22. The fourth-order valence-corrected chi connectivity index (χ4v) is 4.15. The highest BCUT2D eigenvalue weighted by Gasteiger charge is 2.28. The number of rotatable bonds is 5. The molecule has 6 heteroatoms. The summed E-state index contributed by atoms with van der Waals surface area (Å²) in [7, 11) is -1.68. The normalized spacial score (nSPS) is 18.0. The highest BCUT2D eigenvalue weighted by atomic mass is 35.5. The number of sulfonamides is 1. The Hall–Kier alpha value is -0.620. The van der Waals surface area contributed by atoms with E-state index in [0.717, 1.165) is 32.4 Å². The lowest BCUT2D eigenvalue weighted by Gasteiger charge is -2.30. The number of hydrogen-bond acceptors (Lipinski definition) is 3. The molecular formula is C16H27ClN2O2S. The van der Waals surface area contributed by atoms with Crippen LogP contribution in [0.1, 0.15) is 44.6 Å². The van der Waals surface area contributed by atoms with Crippen molar-refractivity contribution < 1.29 is 8.42 Å². The minimum Gasteiger partial charge on any atom is -0.317 e. The van der Waals surface area contributed by atoms with Gasteiger partial charge in [-0.25, -0.2) is 8.42 Å². The molecule has 4 nitrogen and oxygen atoms in total. The SMILES string of the molecule is CCC(C)c1ccc(S(=O)(=O)N(C)C2CCNCC2)cc1.Cl. The molecule has 1 N–H and O–H groups in total. The van der Waals surface area contributed by atoms with E-state index in [4.69, 9.17) is 0 Å². The molecular weight excluding hydrogens is 320 g/mol. The molecule has 0 aromatic heterocycles. The van der Waals surface area contributed by atoms with Crippen LogP contribution < -0.4 is 5.32 Å². The predicted molar refractivity (Wildman–Crippen MR) is 93.2 cm³/mol. The van der Waals surface area contributed by atoms with E-state index in [1.807, 2.05) is 12.1 Å². The van der Waals surface area contributed by atoms with Crippen LogP contribution in [0.4, 0.5) is 0 Å². The average Bonchev–Trinajstić information content (AvgIpc) is 2.54. The summed E-state index contributed by atoms with van der Waals surface area (Å²) in [5.74, 6) is 0.462. The second-order valence-electron chi connectivity index (χ2n) is 5.88. The molecule has 0 aliphatic carbocycles. The van der Waals surface area contributed by atoms with E-state index in [-0.39, 0.29) is 18.4 Å². The smallest absolute Gasteiger partial charge is 0.243 e. The Morgan fingerprint density at radius 2 is 1.77 bits per heavy atom. The quantitative estimate of drug-likeness (QED) is 0.891. The minimum absolute atomic E-state index is 0. The van der Waals surface area contributed by atoms with Crippen LogP contribution in [0.15, 0.2) is 29.2 Å². The molecule has 1 aromatic carbocycles. The third-order valence-electron chi connectivity index (χ3n) is 4.56. The lowest BCUT2D eigenvalue weighted by atomic mass is 9.99. The van der Waals surface area contributed by atoms with Gasteiger partial charge in [0.15, 0.2) is 0 Å². The van der Waals surface area contributed by atoms with Gasteiger partial charge in [0.2, 0.25) is 10.0 Å². The highest BCUT2D eigenvalue weighted by molar-refractivity contribution is 7.89. The van der Waals surface area contributed by atoms with E-state index < -0.39 is 10.0 Å². The van der Waals surface area contributed by atoms with Gasteiger partial charge in [-0.2, -0.15) is 4.31 Å². The fraction of sp³-hybridized carbons (Fsp3) is 0.625. The van der Waals surface area contributed by atoms with Crippen LogP contribution in [0.5, 0.6) is 0 Å². The summed E-state index contributed by atoms with van der Waals surface area (Å²) in [4.78, 5) is 0.399. The second-order valence-corrected chi connectivity index (χ2v) is 7.88. The molecule has 0 saturated carbocycles. The van der Waals surface area contributed by atoms with Gasteiger partial charge in [-0.15, -0.1) is 12.4 Å². The first-order valence-corrected chi connectivity index (χ1v) is 9.19. The van der Waals surface area contributed by atoms with Gasteiger partial charge in [0.1, 0.15) is 0 Å². The summed E-state index contributed by atoms with van der Waals surface area (Å²) in [6.07, 6.45) is 2.81. The summed E-state index contributed by atoms with van der Waals surface area (Å²) < 4.78 is 26.9. The van der Waals surface area contributed by atoms with Gasteiger partial charge in [0.05, 0.1) is 4.90 Å². The highest BCUT2D eigenvalue weighted by Crippen LogP contribution is 2.24. The van der Waals surface area contributed by atoms with Crippen molar-refractivity contribution in [3.05, 3.63) is 29.8 Å². The van der Waals surface area contributed by atoms with Crippen molar-refractivity contribution in [1.29, 1.82) is 0 Å². The van der Waals surface area contributed by atoms with Crippen molar-refractivity contribution in [1.82, 2.24) is 9.62 Å². The average molecular weight is 347 g/mol. The van der Waals surface area contributed by atoms with Crippen LogP contribution in [0.25, 0.3) is 0 Å². The summed E-state index contributed by atoms with van der Waals surface area (Å²) in [5, 5.41) is 3.27. The standard InChI is InChI=1S/C16H26N2O2S.ClH/c1-4-13(2)14-5-7-16(8-6-14)21(19,20)18(3)15-9-11-17-12-10-15;/h5-8,13,15,17H,4,9-12H2,1-3H3;1H. The van der Waals surface area contributed by atoms with Crippen molar-refractivity contribution in [3.63, 3.8) is 0 Å². The van der Waals surface area contributed by atoms with E-state index in [9.17, 15) is 8.42 Å². The number of nitrogens with one attached hydrogen (secondary N) is 1. The zero-order chi connectivity index (χ0) is 15.5. The molecule has 1 aliphatic rings. The van der Waals surface area contributed by atoms with Crippen LogP contribution in [0, 0.1) is 0 Å². The molecule has 2 rings (SSSR count). The topological polar surface area (TPSA) is 49.4 Å². The predicted octanol–water partition coefficient (Wildman–Crippen LogP) is 2.99. The number of piperidine rings is 1. The summed E-state index contributed by atoms with van der Waals surface area (Å²) in [5.41, 5.74) is 1.20. The Kier molecular flexibility index (Phi) is 7.32. The summed E-state index contributed by atoms with van der Waals surface area (Å²) >= 11 is 0. The van der Waals surface area contributed by atoms with Gasteiger partial charge in [-0.1, -0.05) is 26.0 Å². The molecule has 0 spiro atoms. The van der Waals surface area contributed by atoms with Crippen LogP contribution in [-0.2, 0) is 10.0 Å². The van der Waals surface area contributed by atoms with Crippen LogP contribution >= 0.6 is 12.4 Å². The first-order valence-electron chi connectivity index (χ1n) is 7.75. The molecule has 1 heterocycles. The lowest BCUT2D eigenvalue weighted by molar-refractivity contribution is 0.296. The van der Waals surface area contributed by atoms with Crippen molar-refractivity contribution in [3.8, 4) is 0 Å². The van der Waals surface area contributed by atoms with Gasteiger partial charge in [0, 0.05) is 13.1 Å². The maximum Gasteiger partial charge on any atom is 0.243 e. The zero-order valence-electron chi connectivity index (χ0n) is 13.6. The molecule has 1 saturated heterocycles. The van der Waals surface area contributed by atoms with Crippen LogP contribution in [0.2, 0.25) is 0 Å². The molecule has 22 heavy (non-hydrogen) atoms. The lowest BCUT2D eigenvalue weighted by Crippen LogP contribution is -2.43. The van der Waals surface area contributed by atoms with E-state index >= 15 is 0 Å². The largest absolute Gasteiger partial charge is 0.317 e. The molecule has 1 atom stereocenters. The Bertz CT molecular complexity index is 554. The van der Waals surface area contributed by atoms with E-state index in [0.29, 0.717) is 10.8 Å². The molecule has 1 fully saturated rings. The van der Waals surface area contributed by atoms with Crippen molar-refractivity contribution in [2.75, 3.05) is 20.1 Å². The fourth-order valence-electron chi connectivity index (χ4n) is 2.74.